The first kappa shape index (κ1) is 33.2. The lowest BCUT2D eigenvalue weighted by Gasteiger charge is -2.17. The summed E-state index contributed by atoms with van der Waals surface area (Å²) in [4.78, 5) is 23.8. The highest BCUT2D eigenvalue weighted by atomic mass is 19.2. The molecule has 0 unspecified atom stereocenters. The summed E-state index contributed by atoms with van der Waals surface area (Å²) in [6, 6.07) is 9.24. The third-order valence-electron chi connectivity index (χ3n) is 5.92. The molecule has 0 spiro atoms. The van der Waals surface area contributed by atoms with Gasteiger partial charge in [-0.3, -0.25) is 0 Å². The minimum absolute atomic E-state index is 0.0936. The normalized spacial score (nSPS) is 10.7. The highest BCUT2D eigenvalue weighted by Crippen LogP contribution is 2.45. The molecule has 0 heterocycles. The first-order valence-electron chi connectivity index (χ1n) is 12.7. The molecule has 14 heteroatoms. The summed E-state index contributed by atoms with van der Waals surface area (Å²) >= 11 is 0. The third-order valence-corrected chi connectivity index (χ3v) is 5.92. The predicted molar refractivity (Wildman–Crippen MR) is 145 cm³/mol. The Morgan fingerprint density at radius 2 is 0.739 bits per heavy atom. The van der Waals surface area contributed by atoms with Gasteiger partial charge in [-0.15, -0.1) is 0 Å². The first-order chi connectivity index (χ1) is 21.6. The second-order valence-corrected chi connectivity index (χ2v) is 9.36. The van der Waals surface area contributed by atoms with Crippen molar-refractivity contribution in [1.82, 2.24) is 0 Å². The third kappa shape index (κ3) is 6.27. The Kier molecular flexibility index (Phi) is 9.49. The number of esters is 2. The van der Waals surface area contributed by atoms with Crippen LogP contribution >= 0.6 is 0 Å². The molecule has 0 aliphatic rings. The van der Waals surface area contributed by atoms with Crippen molar-refractivity contribution in [1.29, 1.82) is 0 Å². The fraction of sp³-hybridized carbons (Fsp3) is 0.0625. The summed E-state index contributed by atoms with van der Waals surface area (Å²) in [5.74, 6) is -27.3. The maximum Gasteiger partial charge on any atom is 0.338 e. The van der Waals surface area contributed by atoms with Crippen LogP contribution in [0, 0.1) is 46.5 Å². The summed E-state index contributed by atoms with van der Waals surface area (Å²) in [7, 11) is 0. The van der Waals surface area contributed by atoms with E-state index in [1.54, 1.807) is 0 Å². The van der Waals surface area contributed by atoms with Crippen molar-refractivity contribution in [3.8, 4) is 45.6 Å². The quantitative estimate of drug-likeness (QED) is 0.0592. The van der Waals surface area contributed by atoms with E-state index < -0.39 is 104 Å². The fourth-order valence-electron chi connectivity index (χ4n) is 3.67. The van der Waals surface area contributed by atoms with Gasteiger partial charge < -0.3 is 18.9 Å². The molecule has 0 aromatic heterocycles. The average molecular weight is 650 g/mol. The largest absolute Gasteiger partial charge is 0.447 e. The Bertz CT molecular complexity index is 1740. The Hall–Kier alpha value is -5.66. The second kappa shape index (κ2) is 13.1. The summed E-state index contributed by atoms with van der Waals surface area (Å²) in [6.07, 6.45) is 0. The van der Waals surface area contributed by atoms with E-state index in [0.29, 0.717) is 0 Å². The van der Waals surface area contributed by atoms with Crippen LogP contribution in [0.5, 0.6) is 34.5 Å². The van der Waals surface area contributed by atoms with Gasteiger partial charge in [0.25, 0.3) is 0 Å². The molecule has 0 saturated heterocycles. The molecule has 0 bridgehead atoms. The predicted octanol–water partition coefficient (Wildman–Crippen LogP) is 9.01. The van der Waals surface area contributed by atoms with Crippen LogP contribution in [0.25, 0.3) is 11.1 Å². The molecule has 238 valence electrons. The van der Waals surface area contributed by atoms with Crippen molar-refractivity contribution in [2.45, 2.75) is 13.8 Å². The monoisotopic (exact) mass is 650 g/mol. The van der Waals surface area contributed by atoms with Gasteiger partial charge in [0.05, 0.1) is 11.1 Å². The number of ether oxygens (including phenoxy) is 4. The van der Waals surface area contributed by atoms with Gasteiger partial charge in [0.1, 0.15) is 0 Å². The number of rotatable bonds is 9. The van der Waals surface area contributed by atoms with E-state index in [1.807, 2.05) is 0 Å². The van der Waals surface area contributed by atoms with Crippen LogP contribution in [0.1, 0.15) is 13.8 Å². The minimum Gasteiger partial charge on any atom is -0.447 e. The van der Waals surface area contributed by atoms with Crippen LogP contribution in [-0.4, -0.2) is 11.9 Å². The number of carbonyl (C=O) groups excluding carboxylic acids is 2. The number of hydrogen-bond acceptors (Lipinski definition) is 6. The summed E-state index contributed by atoms with van der Waals surface area (Å²) < 4.78 is 141. The first-order valence-corrected chi connectivity index (χ1v) is 12.7. The highest BCUT2D eigenvalue weighted by Gasteiger charge is 2.36. The number of benzene rings is 4. The molecule has 46 heavy (non-hydrogen) atoms. The van der Waals surface area contributed by atoms with Gasteiger partial charge in [-0.25, -0.2) is 27.2 Å². The van der Waals surface area contributed by atoms with Gasteiger partial charge in [0, 0.05) is 11.1 Å². The topological polar surface area (TPSA) is 71.1 Å². The minimum atomic E-state index is -2.51. The van der Waals surface area contributed by atoms with Gasteiger partial charge in [0.2, 0.25) is 34.8 Å². The fourth-order valence-corrected chi connectivity index (χ4v) is 3.67. The van der Waals surface area contributed by atoms with Crippen molar-refractivity contribution in [2.75, 3.05) is 0 Å². The molecule has 0 saturated carbocycles. The molecule has 0 atom stereocenters. The standard InChI is InChI=1S/C32H18F8O6/c1-13(2)31(41)45-17-11-7-5-9-15(17)43-29-25(37)21(33)19(22(34)26(29)38)20-23(35)27(39)30(28(40)24(20)36)44-16-10-6-8-12-18(16)46-32(42)14(3)4/h5-12H,1,3H2,2,4H3. The number of para-hydroxylation sites is 4. The van der Waals surface area contributed by atoms with Crippen molar-refractivity contribution < 1.29 is 63.7 Å². The molecule has 0 radical (unpaired) electrons. The lowest BCUT2D eigenvalue weighted by molar-refractivity contribution is -0.131. The molecular formula is C32H18F8O6. The van der Waals surface area contributed by atoms with Crippen LogP contribution in [0.2, 0.25) is 0 Å². The lowest BCUT2D eigenvalue weighted by atomic mass is 10.0. The molecule has 0 fully saturated rings. The van der Waals surface area contributed by atoms with Gasteiger partial charge in [0.15, 0.2) is 46.3 Å². The zero-order valence-electron chi connectivity index (χ0n) is 23.5. The smallest absolute Gasteiger partial charge is 0.338 e. The van der Waals surface area contributed by atoms with E-state index in [2.05, 4.69) is 13.2 Å². The van der Waals surface area contributed by atoms with E-state index in [4.69, 9.17) is 18.9 Å². The van der Waals surface area contributed by atoms with Gasteiger partial charge in [-0.1, -0.05) is 37.4 Å². The SMILES string of the molecule is C=C(C)C(=O)Oc1ccccc1Oc1c(F)c(F)c(-c2c(F)c(F)c(Oc3ccccc3OC(=O)C(=C)C)c(F)c2F)c(F)c1F. The molecule has 4 rings (SSSR count). The van der Waals surface area contributed by atoms with Crippen LogP contribution in [0.3, 0.4) is 0 Å². The van der Waals surface area contributed by atoms with E-state index in [0.717, 1.165) is 24.3 Å². The van der Waals surface area contributed by atoms with Gasteiger partial charge in [-0.2, -0.15) is 17.6 Å². The summed E-state index contributed by atoms with van der Waals surface area (Å²) in [5, 5.41) is 0. The second-order valence-electron chi connectivity index (χ2n) is 9.36. The Labute approximate surface area is 254 Å². The zero-order chi connectivity index (χ0) is 34.0. The van der Waals surface area contributed by atoms with Crippen LogP contribution in [-0.2, 0) is 9.59 Å². The number of halogens is 8. The molecule has 0 N–H and O–H groups in total. The van der Waals surface area contributed by atoms with E-state index >= 15 is 35.1 Å². The van der Waals surface area contributed by atoms with Crippen molar-refractivity contribution in [2.24, 2.45) is 0 Å². The molecule has 0 amide bonds. The molecule has 0 aliphatic carbocycles. The van der Waals surface area contributed by atoms with Gasteiger partial charge in [-0.05, 0) is 38.1 Å². The summed E-state index contributed by atoms with van der Waals surface area (Å²) in [6.45, 7) is 9.25. The molecule has 4 aromatic carbocycles. The molecule has 0 aliphatic heterocycles. The maximum atomic E-state index is 15.2. The van der Waals surface area contributed by atoms with Crippen LogP contribution in [0.4, 0.5) is 35.1 Å². The average Bonchev–Trinajstić information content (AvgIpc) is 3.02. The maximum absolute atomic E-state index is 15.2. The Morgan fingerprint density at radius 1 is 0.478 bits per heavy atom. The van der Waals surface area contributed by atoms with Crippen molar-refractivity contribution in [3.63, 3.8) is 0 Å². The van der Waals surface area contributed by atoms with Crippen LogP contribution < -0.4 is 18.9 Å². The highest BCUT2D eigenvalue weighted by molar-refractivity contribution is 5.89. The summed E-state index contributed by atoms with van der Waals surface area (Å²) in [5.41, 5.74) is -4.52. The van der Waals surface area contributed by atoms with Crippen molar-refractivity contribution >= 4 is 11.9 Å². The van der Waals surface area contributed by atoms with Gasteiger partial charge >= 0.3 is 11.9 Å². The Morgan fingerprint density at radius 3 is 1.00 bits per heavy atom. The van der Waals surface area contributed by atoms with Crippen molar-refractivity contribution in [3.05, 3.63) is 119 Å². The van der Waals surface area contributed by atoms with E-state index in [9.17, 15) is 9.59 Å². The lowest BCUT2D eigenvalue weighted by Crippen LogP contribution is -2.11. The number of hydrogen-bond donors (Lipinski definition) is 0. The molecule has 4 aromatic rings. The van der Waals surface area contributed by atoms with Crippen LogP contribution in [0.15, 0.2) is 72.8 Å². The molecular weight excluding hydrogens is 632 g/mol. The molecule has 6 nitrogen and oxygen atoms in total. The van der Waals surface area contributed by atoms with E-state index in [-0.39, 0.29) is 11.1 Å². The Balaban J connectivity index is 1.80. The zero-order valence-corrected chi connectivity index (χ0v) is 23.5. The number of carbonyl (C=O) groups is 2. The van der Waals surface area contributed by atoms with E-state index in [1.165, 1.54) is 38.1 Å².